The monoisotopic (exact) mass is 591 g/mol. The number of anilines is 4. The van der Waals surface area contributed by atoms with Gasteiger partial charge in [0.1, 0.15) is 5.82 Å². The molecule has 4 N–H and O–H groups in total. The quantitative estimate of drug-likeness (QED) is 0.169. The number of nitrogens with one attached hydrogen (secondary N) is 4. The number of carbonyl (C=O) groups is 1. The molecular formula is C28H27Cl2N9O2. The van der Waals surface area contributed by atoms with Crippen molar-refractivity contribution in [2.75, 3.05) is 29.2 Å². The molecule has 0 unspecified atom stereocenters. The van der Waals surface area contributed by atoms with E-state index in [4.69, 9.17) is 37.9 Å². The first-order chi connectivity index (χ1) is 19.9. The predicted molar refractivity (Wildman–Crippen MR) is 159 cm³/mol. The van der Waals surface area contributed by atoms with E-state index in [2.05, 4.69) is 31.2 Å². The van der Waals surface area contributed by atoms with Crippen LogP contribution in [0.2, 0.25) is 10.0 Å². The van der Waals surface area contributed by atoms with E-state index < -0.39 is 0 Å². The van der Waals surface area contributed by atoms with Gasteiger partial charge in [0.25, 0.3) is 5.91 Å². The lowest BCUT2D eigenvalue weighted by Crippen LogP contribution is -2.21. The number of aromatic nitrogens is 6. The number of benzene rings is 2. The number of nitrogens with zero attached hydrogens (tertiary/aromatic N) is 5. The molecule has 0 radical (unpaired) electrons. The maximum absolute atomic E-state index is 13.0. The minimum atomic E-state index is -0.358. The van der Waals surface area contributed by atoms with Crippen LogP contribution < -0.4 is 16.0 Å². The molecule has 0 saturated carbocycles. The van der Waals surface area contributed by atoms with Gasteiger partial charge in [-0.2, -0.15) is 20.2 Å². The van der Waals surface area contributed by atoms with Gasteiger partial charge in [0, 0.05) is 31.5 Å². The van der Waals surface area contributed by atoms with Crippen molar-refractivity contribution in [2.45, 2.75) is 32.4 Å². The number of para-hydroxylation sites is 1. The fraction of sp³-hybridized carbons (Fsp3) is 0.250. The van der Waals surface area contributed by atoms with Crippen molar-refractivity contribution in [3.8, 4) is 0 Å². The summed E-state index contributed by atoms with van der Waals surface area (Å²) in [7, 11) is 0. The number of aromatic amines is 1. The Balaban J connectivity index is 1.27. The Morgan fingerprint density at radius 2 is 1.93 bits per heavy atom. The van der Waals surface area contributed by atoms with Crippen LogP contribution in [0.5, 0.6) is 0 Å². The van der Waals surface area contributed by atoms with Crippen LogP contribution in [0.15, 0.2) is 54.7 Å². The Kier molecular flexibility index (Phi) is 7.73. The van der Waals surface area contributed by atoms with Crippen molar-refractivity contribution in [1.29, 1.82) is 0 Å². The maximum Gasteiger partial charge on any atom is 0.257 e. The summed E-state index contributed by atoms with van der Waals surface area (Å²) in [6, 6.07) is 14.4. The molecule has 0 spiro atoms. The van der Waals surface area contributed by atoms with Gasteiger partial charge >= 0.3 is 0 Å². The lowest BCUT2D eigenvalue weighted by atomic mass is 10.1. The number of ether oxygens (including phenoxy) is 1. The number of H-pyrrole nitrogens is 1. The largest absolute Gasteiger partial charge is 0.381 e. The van der Waals surface area contributed by atoms with Gasteiger partial charge in [-0.25, -0.2) is 4.68 Å². The van der Waals surface area contributed by atoms with Crippen LogP contribution in [0.1, 0.15) is 40.5 Å². The third kappa shape index (κ3) is 5.97. The highest BCUT2D eigenvalue weighted by molar-refractivity contribution is 6.36. The van der Waals surface area contributed by atoms with E-state index >= 15 is 0 Å². The number of amides is 1. The minimum Gasteiger partial charge on any atom is -0.381 e. The summed E-state index contributed by atoms with van der Waals surface area (Å²) in [6.07, 6.45) is 3.49. The van der Waals surface area contributed by atoms with Crippen molar-refractivity contribution in [2.24, 2.45) is 0 Å². The normalized spacial score (nSPS) is 13.8. The number of aryl methyl sites for hydroxylation is 1. The van der Waals surface area contributed by atoms with Crippen LogP contribution in [0, 0.1) is 6.92 Å². The molecule has 41 heavy (non-hydrogen) atoms. The Labute approximate surface area is 245 Å². The highest BCUT2D eigenvalue weighted by Crippen LogP contribution is 2.30. The van der Waals surface area contributed by atoms with Crippen LogP contribution in [0.4, 0.5) is 23.3 Å². The number of carbonyl (C=O) groups excluding carboxylic acids is 1. The lowest BCUT2D eigenvalue weighted by molar-refractivity contribution is 0.0673. The fourth-order valence-electron chi connectivity index (χ4n) is 4.69. The first kappa shape index (κ1) is 27.0. The Morgan fingerprint density at radius 3 is 2.71 bits per heavy atom. The van der Waals surface area contributed by atoms with Crippen molar-refractivity contribution in [3.63, 3.8) is 0 Å². The van der Waals surface area contributed by atoms with Gasteiger partial charge < -0.3 is 20.7 Å². The Hall–Kier alpha value is -4.19. The molecule has 210 valence electrons. The molecule has 0 atom stereocenters. The summed E-state index contributed by atoms with van der Waals surface area (Å²) >= 11 is 12.6. The topological polar surface area (TPSA) is 135 Å². The number of rotatable bonds is 8. The van der Waals surface area contributed by atoms with E-state index in [1.165, 1.54) is 0 Å². The number of fused-ring (bicyclic) bond motifs is 1. The van der Waals surface area contributed by atoms with Gasteiger partial charge in [0.15, 0.2) is 11.5 Å². The molecule has 1 aliphatic rings. The fourth-order valence-corrected chi connectivity index (χ4v) is 5.08. The summed E-state index contributed by atoms with van der Waals surface area (Å²) in [4.78, 5) is 22.6. The number of hydrogen-bond acceptors (Lipinski definition) is 8. The molecule has 2 aromatic carbocycles. The van der Waals surface area contributed by atoms with Crippen LogP contribution >= 0.6 is 23.2 Å². The first-order valence-electron chi connectivity index (χ1n) is 13.1. The molecule has 1 fully saturated rings. The Bertz CT molecular complexity index is 1710. The van der Waals surface area contributed by atoms with Crippen LogP contribution in [-0.2, 0) is 11.3 Å². The van der Waals surface area contributed by atoms with E-state index in [0.29, 0.717) is 64.3 Å². The van der Waals surface area contributed by atoms with Gasteiger partial charge in [-0.05, 0) is 49.6 Å². The van der Waals surface area contributed by atoms with Crippen LogP contribution in [-0.4, -0.2) is 49.1 Å². The molecule has 6 rings (SSSR count). The average molecular weight is 592 g/mol. The van der Waals surface area contributed by atoms with Crippen molar-refractivity contribution >= 4 is 63.4 Å². The predicted octanol–water partition coefficient (Wildman–Crippen LogP) is 6.12. The summed E-state index contributed by atoms with van der Waals surface area (Å²) in [6.45, 7) is 3.64. The second-order valence-corrected chi connectivity index (χ2v) is 10.5. The molecule has 11 nitrogen and oxygen atoms in total. The second-order valence-electron chi connectivity index (χ2n) is 9.73. The third-order valence-corrected chi connectivity index (χ3v) is 7.45. The van der Waals surface area contributed by atoms with Crippen molar-refractivity contribution in [1.82, 2.24) is 29.9 Å². The highest BCUT2D eigenvalue weighted by atomic mass is 35.5. The molecule has 1 saturated heterocycles. The Morgan fingerprint density at radius 1 is 1.10 bits per heavy atom. The maximum atomic E-state index is 13.0. The van der Waals surface area contributed by atoms with Gasteiger partial charge in [0.2, 0.25) is 5.95 Å². The molecular weight excluding hydrogens is 565 g/mol. The first-order valence-corrected chi connectivity index (χ1v) is 13.9. The zero-order valence-corrected chi connectivity index (χ0v) is 23.6. The summed E-state index contributed by atoms with van der Waals surface area (Å²) in [5.74, 6) is 1.26. The standard InChI is InChI=1S/C28H27Cl2N9O2/c1-16-12-24(38-37-16)34-25-20-15-32-39(18-8-10-41-11-9-18)26(20)36-28(35-25)31-14-17-6-7-21(29)19(13-17)27(40)33-23-5-3-2-4-22(23)30/h2-7,12-13,15,18H,8-11,14H2,1H3,(H,33,40)(H3,31,34,35,36,37,38). The molecule has 1 amide bonds. The number of halogens is 2. The van der Waals surface area contributed by atoms with Crippen LogP contribution in [0.25, 0.3) is 11.0 Å². The SMILES string of the molecule is Cc1cc(Nc2nc(NCc3ccc(Cl)c(C(=O)Nc4ccccc4Cl)c3)nc3c2cnn3C2CCOCC2)n[nH]1. The lowest BCUT2D eigenvalue weighted by Gasteiger charge is -2.22. The molecule has 4 heterocycles. The van der Waals surface area contributed by atoms with E-state index in [0.717, 1.165) is 29.5 Å². The summed E-state index contributed by atoms with van der Waals surface area (Å²) in [5.41, 5.74) is 3.29. The van der Waals surface area contributed by atoms with Gasteiger partial charge in [-0.3, -0.25) is 9.89 Å². The highest BCUT2D eigenvalue weighted by Gasteiger charge is 2.22. The zero-order chi connectivity index (χ0) is 28.3. The molecule has 0 aliphatic carbocycles. The molecule has 5 aromatic rings. The number of hydrogen-bond donors (Lipinski definition) is 4. The molecule has 1 aliphatic heterocycles. The summed E-state index contributed by atoms with van der Waals surface area (Å²) < 4.78 is 7.49. The second kappa shape index (κ2) is 11.7. The minimum absolute atomic E-state index is 0.180. The van der Waals surface area contributed by atoms with E-state index in [1.807, 2.05) is 23.7 Å². The van der Waals surface area contributed by atoms with Gasteiger partial charge in [-0.1, -0.05) is 41.4 Å². The van der Waals surface area contributed by atoms with E-state index in [1.54, 1.807) is 42.6 Å². The van der Waals surface area contributed by atoms with Crippen molar-refractivity contribution < 1.29 is 9.53 Å². The van der Waals surface area contributed by atoms with E-state index in [-0.39, 0.29) is 11.9 Å². The van der Waals surface area contributed by atoms with Crippen molar-refractivity contribution in [3.05, 3.63) is 81.6 Å². The zero-order valence-electron chi connectivity index (χ0n) is 22.1. The van der Waals surface area contributed by atoms with E-state index in [9.17, 15) is 4.79 Å². The third-order valence-electron chi connectivity index (χ3n) is 6.79. The smallest absolute Gasteiger partial charge is 0.257 e. The molecule has 13 heteroatoms. The molecule has 0 bridgehead atoms. The molecule has 3 aromatic heterocycles. The summed E-state index contributed by atoms with van der Waals surface area (Å²) in [5, 5.41) is 22.8. The average Bonchev–Trinajstić information content (AvgIpc) is 3.60. The van der Waals surface area contributed by atoms with Crippen LogP contribution in [0.3, 0.4) is 0 Å². The van der Waals surface area contributed by atoms with Gasteiger partial charge in [-0.15, -0.1) is 0 Å². The van der Waals surface area contributed by atoms with Gasteiger partial charge in [0.05, 0.1) is 38.9 Å².